The lowest BCUT2D eigenvalue weighted by Crippen LogP contribution is -2.50. The first-order valence-corrected chi connectivity index (χ1v) is 11.7. The predicted molar refractivity (Wildman–Crippen MR) is 115 cm³/mol. The standard InChI is InChI=1S/C23H48N2O/c1-4-7-19-25(20-8-5-2,21-9-6-3)22-17-15-13-11-10-12-14-16-18-23(24)26/h4-22H2,1-3H3,(H-,24,26)/p+1. The number of nitrogens with zero attached hydrogens (tertiary/aromatic N) is 1. The van der Waals surface area contributed by atoms with E-state index in [4.69, 9.17) is 5.73 Å². The molecule has 26 heavy (non-hydrogen) atoms. The number of unbranched alkanes of at least 4 members (excludes halogenated alkanes) is 10. The van der Waals surface area contributed by atoms with Crippen LogP contribution in [0.4, 0.5) is 0 Å². The zero-order chi connectivity index (χ0) is 19.5. The van der Waals surface area contributed by atoms with Crippen LogP contribution in [0.1, 0.15) is 117 Å². The molecule has 0 aromatic rings. The van der Waals surface area contributed by atoms with Crippen LogP contribution in [0.3, 0.4) is 0 Å². The monoisotopic (exact) mass is 369 g/mol. The molecule has 0 aliphatic rings. The smallest absolute Gasteiger partial charge is 0.217 e. The summed E-state index contributed by atoms with van der Waals surface area (Å²) in [7, 11) is 0. The van der Waals surface area contributed by atoms with E-state index in [1.807, 2.05) is 0 Å². The summed E-state index contributed by atoms with van der Waals surface area (Å²) in [6.07, 6.45) is 19.0. The minimum Gasteiger partial charge on any atom is -0.370 e. The topological polar surface area (TPSA) is 43.1 Å². The molecular formula is C23H49N2O+. The Labute approximate surface area is 164 Å². The maximum Gasteiger partial charge on any atom is 0.217 e. The van der Waals surface area contributed by atoms with Crippen LogP contribution < -0.4 is 5.73 Å². The summed E-state index contributed by atoms with van der Waals surface area (Å²) in [5, 5.41) is 0. The van der Waals surface area contributed by atoms with Crippen molar-refractivity contribution in [3.8, 4) is 0 Å². The first-order chi connectivity index (χ1) is 12.6. The van der Waals surface area contributed by atoms with Gasteiger partial charge in [0, 0.05) is 6.42 Å². The lowest BCUT2D eigenvalue weighted by atomic mass is 10.1. The zero-order valence-electron chi connectivity index (χ0n) is 18.4. The minimum absolute atomic E-state index is 0.152. The van der Waals surface area contributed by atoms with Gasteiger partial charge < -0.3 is 10.2 Å². The van der Waals surface area contributed by atoms with Crippen LogP contribution in [0.5, 0.6) is 0 Å². The summed E-state index contributed by atoms with van der Waals surface area (Å²) in [5.74, 6) is -0.152. The molecule has 0 heterocycles. The van der Waals surface area contributed by atoms with E-state index in [9.17, 15) is 4.79 Å². The predicted octanol–water partition coefficient (Wildman–Crippen LogP) is 6.20. The average molecular weight is 370 g/mol. The second-order valence-electron chi connectivity index (χ2n) is 8.34. The SMILES string of the molecule is CCCC[N+](CCCC)(CCCC)CCCCCCCCCCC(N)=O. The summed E-state index contributed by atoms with van der Waals surface area (Å²) >= 11 is 0. The molecule has 0 unspecified atom stereocenters. The number of rotatable bonds is 20. The fraction of sp³-hybridized carbons (Fsp3) is 0.957. The molecule has 0 radical (unpaired) electrons. The zero-order valence-corrected chi connectivity index (χ0v) is 18.4. The van der Waals surface area contributed by atoms with Gasteiger partial charge in [-0.2, -0.15) is 0 Å². The Morgan fingerprint density at radius 1 is 0.577 bits per heavy atom. The molecule has 3 heteroatoms. The maximum absolute atomic E-state index is 10.7. The first kappa shape index (κ1) is 25.4. The third-order valence-corrected chi connectivity index (χ3v) is 5.76. The van der Waals surface area contributed by atoms with E-state index in [1.54, 1.807) is 0 Å². The van der Waals surface area contributed by atoms with Gasteiger partial charge in [0.05, 0.1) is 26.2 Å². The molecule has 0 aliphatic carbocycles. The molecule has 0 saturated heterocycles. The van der Waals surface area contributed by atoms with Gasteiger partial charge in [-0.3, -0.25) is 4.79 Å². The van der Waals surface area contributed by atoms with Crippen LogP contribution in [0, 0.1) is 0 Å². The fourth-order valence-electron chi connectivity index (χ4n) is 3.96. The number of carbonyl (C=O) groups is 1. The first-order valence-electron chi connectivity index (χ1n) is 11.7. The van der Waals surface area contributed by atoms with Crippen molar-refractivity contribution in [2.75, 3.05) is 26.2 Å². The molecule has 0 spiro atoms. The van der Waals surface area contributed by atoms with E-state index in [0.717, 1.165) is 12.8 Å². The van der Waals surface area contributed by atoms with E-state index in [2.05, 4.69) is 20.8 Å². The summed E-state index contributed by atoms with van der Waals surface area (Å²) in [4.78, 5) is 10.7. The second kappa shape index (κ2) is 17.8. The number of primary amides is 1. The third kappa shape index (κ3) is 14.6. The highest BCUT2D eigenvalue weighted by molar-refractivity contribution is 5.73. The van der Waals surface area contributed by atoms with E-state index in [-0.39, 0.29) is 5.91 Å². The van der Waals surface area contributed by atoms with Crippen molar-refractivity contribution in [3.05, 3.63) is 0 Å². The second-order valence-corrected chi connectivity index (χ2v) is 8.34. The van der Waals surface area contributed by atoms with Gasteiger partial charge in [0.1, 0.15) is 0 Å². The number of hydrogen-bond donors (Lipinski definition) is 1. The van der Waals surface area contributed by atoms with Crippen molar-refractivity contribution in [1.82, 2.24) is 0 Å². The average Bonchev–Trinajstić information content (AvgIpc) is 2.63. The molecule has 0 rings (SSSR count). The van der Waals surface area contributed by atoms with Crippen molar-refractivity contribution in [2.24, 2.45) is 5.73 Å². The van der Waals surface area contributed by atoms with Gasteiger partial charge in [-0.05, 0) is 38.5 Å². The van der Waals surface area contributed by atoms with Crippen LogP contribution in [0.25, 0.3) is 0 Å². The van der Waals surface area contributed by atoms with Crippen LogP contribution >= 0.6 is 0 Å². The molecule has 0 fully saturated rings. The van der Waals surface area contributed by atoms with Gasteiger partial charge in [0.2, 0.25) is 5.91 Å². The molecule has 0 aromatic carbocycles. The Bertz CT molecular complexity index is 296. The Morgan fingerprint density at radius 3 is 1.31 bits per heavy atom. The van der Waals surface area contributed by atoms with Gasteiger partial charge in [-0.1, -0.05) is 72.1 Å². The number of amides is 1. The van der Waals surface area contributed by atoms with E-state index in [0.29, 0.717) is 6.42 Å². The Balaban J connectivity index is 4.00. The Morgan fingerprint density at radius 2 is 0.923 bits per heavy atom. The van der Waals surface area contributed by atoms with Crippen molar-refractivity contribution in [2.45, 2.75) is 117 Å². The van der Waals surface area contributed by atoms with Crippen LogP contribution in [0.15, 0.2) is 0 Å². The molecule has 0 bridgehead atoms. The number of hydrogen-bond acceptors (Lipinski definition) is 1. The molecule has 0 aromatic heterocycles. The largest absolute Gasteiger partial charge is 0.370 e. The van der Waals surface area contributed by atoms with Crippen LogP contribution in [-0.4, -0.2) is 36.6 Å². The van der Waals surface area contributed by atoms with E-state index < -0.39 is 0 Å². The fourth-order valence-corrected chi connectivity index (χ4v) is 3.96. The summed E-state index contributed by atoms with van der Waals surface area (Å²) in [5.41, 5.74) is 5.17. The normalized spacial score (nSPS) is 11.8. The molecule has 0 atom stereocenters. The summed E-state index contributed by atoms with van der Waals surface area (Å²) in [6, 6.07) is 0. The lowest BCUT2D eigenvalue weighted by Gasteiger charge is -2.39. The van der Waals surface area contributed by atoms with Gasteiger partial charge >= 0.3 is 0 Å². The molecule has 2 N–H and O–H groups in total. The molecule has 0 aliphatic heterocycles. The Hall–Kier alpha value is -0.570. The molecule has 0 saturated carbocycles. The van der Waals surface area contributed by atoms with E-state index in [1.165, 1.54) is 108 Å². The number of quaternary nitrogens is 1. The molecule has 3 nitrogen and oxygen atoms in total. The minimum atomic E-state index is -0.152. The highest BCUT2D eigenvalue weighted by Gasteiger charge is 2.24. The maximum atomic E-state index is 10.7. The molecule has 156 valence electrons. The molecular weight excluding hydrogens is 320 g/mol. The summed E-state index contributed by atoms with van der Waals surface area (Å²) in [6.45, 7) is 12.6. The molecule has 1 amide bonds. The van der Waals surface area contributed by atoms with Crippen molar-refractivity contribution < 1.29 is 9.28 Å². The highest BCUT2D eigenvalue weighted by Crippen LogP contribution is 2.18. The van der Waals surface area contributed by atoms with Crippen LogP contribution in [-0.2, 0) is 4.79 Å². The van der Waals surface area contributed by atoms with Gasteiger partial charge in [0.25, 0.3) is 0 Å². The number of nitrogens with two attached hydrogens (primary N) is 1. The van der Waals surface area contributed by atoms with Crippen molar-refractivity contribution >= 4 is 5.91 Å². The quantitative estimate of drug-likeness (QED) is 0.201. The van der Waals surface area contributed by atoms with Gasteiger partial charge in [-0.15, -0.1) is 0 Å². The van der Waals surface area contributed by atoms with Crippen LogP contribution in [0.2, 0.25) is 0 Å². The lowest BCUT2D eigenvalue weighted by molar-refractivity contribution is -0.929. The number of carbonyl (C=O) groups excluding carboxylic acids is 1. The Kier molecular flexibility index (Phi) is 17.4. The highest BCUT2D eigenvalue weighted by atomic mass is 16.1. The summed E-state index contributed by atoms with van der Waals surface area (Å²) < 4.78 is 1.39. The van der Waals surface area contributed by atoms with Gasteiger partial charge in [0.15, 0.2) is 0 Å². The van der Waals surface area contributed by atoms with Gasteiger partial charge in [-0.25, -0.2) is 0 Å². The third-order valence-electron chi connectivity index (χ3n) is 5.76. The van der Waals surface area contributed by atoms with Crippen molar-refractivity contribution in [1.29, 1.82) is 0 Å². The van der Waals surface area contributed by atoms with E-state index >= 15 is 0 Å². The van der Waals surface area contributed by atoms with Crippen molar-refractivity contribution in [3.63, 3.8) is 0 Å².